The number of hydrogen-bond acceptors (Lipinski definition) is 4. The topological polar surface area (TPSA) is 33.1 Å². The van der Waals surface area contributed by atoms with E-state index in [1.54, 1.807) is 29.2 Å². The molecule has 0 saturated heterocycles. The highest BCUT2D eigenvalue weighted by Gasteiger charge is 2.09. The smallest absolute Gasteiger partial charge is 0.129 e. The number of aromatic nitrogens is 1. The predicted octanol–water partition coefficient (Wildman–Crippen LogP) is 5.46. The number of halogens is 1. The van der Waals surface area contributed by atoms with Crippen molar-refractivity contribution in [1.82, 2.24) is 4.98 Å². The number of thioether (sulfide) groups is 1. The molecule has 5 heteroatoms. The molecule has 1 heterocycles. The van der Waals surface area contributed by atoms with Crippen LogP contribution in [-0.2, 0) is 5.75 Å². The van der Waals surface area contributed by atoms with E-state index in [2.05, 4.69) is 4.98 Å². The maximum atomic E-state index is 9.75. The Morgan fingerprint density at radius 2 is 1.86 bits per heavy atom. The average molecular weight is 334 g/mol. The van der Waals surface area contributed by atoms with Crippen molar-refractivity contribution in [3.8, 4) is 16.3 Å². The van der Waals surface area contributed by atoms with Crippen LogP contribution in [0.5, 0.6) is 5.75 Å². The lowest BCUT2D eigenvalue weighted by Gasteiger charge is -2.02. The van der Waals surface area contributed by atoms with Crippen molar-refractivity contribution in [1.29, 1.82) is 0 Å². The molecule has 0 aliphatic heterocycles. The highest BCUT2D eigenvalue weighted by atomic mass is 35.5. The van der Waals surface area contributed by atoms with Gasteiger partial charge in [-0.2, -0.15) is 0 Å². The molecule has 0 radical (unpaired) electrons. The molecule has 0 bridgehead atoms. The van der Waals surface area contributed by atoms with Gasteiger partial charge in [-0.15, -0.1) is 23.1 Å². The molecule has 0 fully saturated rings. The van der Waals surface area contributed by atoms with E-state index >= 15 is 0 Å². The molecule has 0 atom stereocenters. The maximum Gasteiger partial charge on any atom is 0.129 e. The number of hydrogen-bond donors (Lipinski definition) is 1. The third-order valence-electron chi connectivity index (χ3n) is 2.90. The molecule has 0 aliphatic rings. The van der Waals surface area contributed by atoms with Crippen molar-refractivity contribution < 1.29 is 5.11 Å². The van der Waals surface area contributed by atoms with Crippen LogP contribution in [0.2, 0.25) is 5.02 Å². The third-order valence-corrected chi connectivity index (χ3v) is 5.25. The van der Waals surface area contributed by atoms with Gasteiger partial charge in [-0.3, -0.25) is 0 Å². The zero-order valence-corrected chi connectivity index (χ0v) is 13.4. The second-order valence-electron chi connectivity index (χ2n) is 4.38. The fourth-order valence-electron chi connectivity index (χ4n) is 1.86. The number of thiazole rings is 1. The van der Waals surface area contributed by atoms with Crippen molar-refractivity contribution >= 4 is 34.7 Å². The third kappa shape index (κ3) is 3.40. The molecular weight excluding hydrogens is 322 g/mol. The van der Waals surface area contributed by atoms with Gasteiger partial charge in [-0.1, -0.05) is 41.9 Å². The van der Waals surface area contributed by atoms with Gasteiger partial charge in [0, 0.05) is 21.6 Å². The summed E-state index contributed by atoms with van der Waals surface area (Å²) in [5.41, 5.74) is 1.95. The van der Waals surface area contributed by atoms with E-state index in [0.717, 1.165) is 26.9 Å². The summed E-state index contributed by atoms with van der Waals surface area (Å²) >= 11 is 9.35. The molecule has 2 nitrogen and oxygen atoms in total. The second-order valence-corrected chi connectivity index (χ2v) is 6.66. The van der Waals surface area contributed by atoms with Crippen LogP contribution in [0.4, 0.5) is 0 Å². The van der Waals surface area contributed by atoms with E-state index in [9.17, 15) is 5.11 Å². The zero-order valence-electron chi connectivity index (χ0n) is 11.0. The fraction of sp³-hybridized carbons (Fsp3) is 0.0625. The number of phenolic OH excluding ortho intramolecular Hbond substituents is 1. The average Bonchev–Trinajstić information content (AvgIpc) is 2.96. The Bertz CT molecular complexity index is 757. The van der Waals surface area contributed by atoms with E-state index in [1.165, 1.54) is 0 Å². The predicted molar refractivity (Wildman–Crippen MR) is 90.2 cm³/mol. The van der Waals surface area contributed by atoms with Crippen molar-refractivity contribution in [2.24, 2.45) is 0 Å². The van der Waals surface area contributed by atoms with Crippen LogP contribution in [0, 0.1) is 0 Å². The first-order valence-corrected chi connectivity index (χ1v) is 8.58. The van der Waals surface area contributed by atoms with Crippen LogP contribution in [-0.4, -0.2) is 10.1 Å². The number of benzene rings is 2. The van der Waals surface area contributed by atoms with Gasteiger partial charge < -0.3 is 5.11 Å². The van der Waals surface area contributed by atoms with Crippen LogP contribution in [0.1, 0.15) is 5.69 Å². The number of rotatable bonds is 4. The minimum Gasteiger partial charge on any atom is -0.507 e. The molecule has 0 amide bonds. The van der Waals surface area contributed by atoms with E-state index in [0.29, 0.717) is 10.8 Å². The molecule has 0 spiro atoms. The quantitative estimate of drug-likeness (QED) is 0.643. The van der Waals surface area contributed by atoms with Crippen LogP contribution in [0.3, 0.4) is 0 Å². The summed E-state index contributed by atoms with van der Waals surface area (Å²) in [5.74, 6) is 1.03. The lowest BCUT2D eigenvalue weighted by molar-refractivity contribution is 0.462. The molecule has 0 saturated carbocycles. The van der Waals surface area contributed by atoms with Gasteiger partial charge in [-0.25, -0.2) is 4.98 Å². The molecule has 3 rings (SSSR count). The summed E-state index contributed by atoms with van der Waals surface area (Å²) in [5, 5.41) is 13.4. The molecule has 0 aliphatic carbocycles. The Labute approximate surface area is 136 Å². The minimum absolute atomic E-state index is 0.309. The van der Waals surface area contributed by atoms with Crippen LogP contribution in [0.15, 0.2) is 58.8 Å². The van der Waals surface area contributed by atoms with Crippen molar-refractivity contribution in [3.05, 3.63) is 64.6 Å². The maximum absolute atomic E-state index is 9.75. The first kappa shape index (κ1) is 14.4. The Kier molecular flexibility index (Phi) is 4.48. The van der Waals surface area contributed by atoms with Crippen LogP contribution < -0.4 is 0 Å². The van der Waals surface area contributed by atoms with Gasteiger partial charge >= 0.3 is 0 Å². The van der Waals surface area contributed by atoms with Crippen molar-refractivity contribution in [2.45, 2.75) is 10.6 Å². The van der Waals surface area contributed by atoms with Crippen LogP contribution in [0.25, 0.3) is 10.6 Å². The normalized spacial score (nSPS) is 10.7. The van der Waals surface area contributed by atoms with E-state index in [4.69, 9.17) is 11.6 Å². The Morgan fingerprint density at radius 1 is 1.10 bits per heavy atom. The Balaban J connectivity index is 1.74. The highest BCUT2D eigenvalue weighted by Crippen LogP contribution is 2.33. The summed E-state index contributed by atoms with van der Waals surface area (Å²) in [6, 6.07) is 15.0. The molecule has 21 heavy (non-hydrogen) atoms. The van der Waals surface area contributed by atoms with Gasteiger partial charge in [-0.05, 0) is 18.2 Å². The number of aromatic hydroxyl groups is 1. The molecular formula is C16H12ClNOS2. The standard InChI is InChI=1S/C16H12ClNOS2/c17-13-6-2-1-5-12(13)16-18-11(10-21-16)9-20-15-8-4-3-7-14(15)19/h1-8,10,19H,9H2. The number of phenols is 1. The minimum atomic E-state index is 0.309. The zero-order chi connectivity index (χ0) is 14.7. The van der Waals surface area contributed by atoms with Crippen LogP contribution >= 0.6 is 34.7 Å². The Morgan fingerprint density at radius 3 is 2.67 bits per heavy atom. The molecule has 3 aromatic rings. The first-order chi connectivity index (χ1) is 10.2. The van der Waals surface area contributed by atoms with E-state index in [1.807, 2.05) is 47.8 Å². The largest absolute Gasteiger partial charge is 0.507 e. The summed E-state index contributed by atoms with van der Waals surface area (Å²) in [7, 11) is 0. The van der Waals surface area contributed by atoms with Gasteiger partial charge in [0.15, 0.2) is 0 Å². The van der Waals surface area contributed by atoms with E-state index < -0.39 is 0 Å². The van der Waals surface area contributed by atoms with E-state index in [-0.39, 0.29) is 0 Å². The highest BCUT2D eigenvalue weighted by molar-refractivity contribution is 7.98. The molecule has 0 unspecified atom stereocenters. The van der Waals surface area contributed by atoms with Crippen molar-refractivity contribution in [2.75, 3.05) is 0 Å². The summed E-state index contributed by atoms with van der Waals surface area (Å²) in [6.07, 6.45) is 0. The monoisotopic (exact) mass is 333 g/mol. The number of para-hydroxylation sites is 1. The van der Waals surface area contributed by atoms with Gasteiger partial charge in [0.2, 0.25) is 0 Å². The molecule has 1 aromatic heterocycles. The SMILES string of the molecule is Oc1ccccc1SCc1csc(-c2ccccc2Cl)n1. The van der Waals surface area contributed by atoms with Gasteiger partial charge in [0.25, 0.3) is 0 Å². The lowest BCUT2D eigenvalue weighted by atomic mass is 10.2. The van der Waals surface area contributed by atoms with Gasteiger partial charge in [0.1, 0.15) is 10.8 Å². The summed E-state index contributed by atoms with van der Waals surface area (Å²) in [6.45, 7) is 0. The first-order valence-electron chi connectivity index (χ1n) is 6.34. The summed E-state index contributed by atoms with van der Waals surface area (Å²) in [4.78, 5) is 5.48. The summed E-state index contributed by atoms with van der Waals surface area (Å²) < 4.78 is 0. The Hall–Kier alpha value is -1.49. The second kappa shape index (κ2) is 6.52. The lowest BCUT2D eigenvalue weighted by Crippen LogP contribution is -1.83. The molecule has 2 aromatic carbocycles. The number of nitrogens with zero attached hydrogens (tertiary/aromatic N) is 1. The van der Waals surface area contributed by atoms with Gasteiger partial charge in [0.05, 0.1) is 10.7 Å². The fourth-order valence-corrected chi connectivity index (χ4v) is 3.95. The van der Waals surface area contributed by atoms with Crippen molar-refractivity contribution in [3.63, 3.8) is 0 Å². The molecule has 106 valence electrons. The molecule has 1 N–H and O–H groups in total.